The van der Waals surface area contributed by atoms with Crippen molar-refractivity contribution in [2.75, 3.05) is 41.1 Å². The summed E-state index contributed by atoms with van der Waals surface area (Å²) in [6.07, 6.45) is 5.28. The number of hydrogen-bond acceptors (Lipinski definition) is 17. The van der Waals surface area contributed by atoms with Crippen molar-refractivity contribution in [1.82, 2.24) is 4.90 Å². The number of hydrogen-bond donors (Lipinski definition) is 5. The predicted octanol–water partition coefficient (Wildman–Crippen LogP) is 4.54. The number of esters is 2. The summed E-state index contributed by atoms with van der Waals surface area (Å²) >= 11 is 0. The van der Waals surface area contributed by atoms with Crippen molar-refractivity contribution >= 4 is 41.0 Å². The van der Waals surface area contributed by atoms with Gasteiger partial charge in [-0.05, 0) is 101 Å². The molecule has 18 nitrogen and oxygen atoms in total. The van der Waals surface area contributed by atoms with Crippen molar-refractivity contribution in [3.05, 3.63) is 47.6 Å². The van der Waals surface area contributed by atoms with Crippen molar-refractivity contribution in [3.63, 3.8) is 0 Å². The van der Waals surface area contributed by atoms with Gasteiger partial charge in [0.05, 0.1) is 37.6 Å². The highest BCUT2D eigenvalue weighted by atomic mass is 16.6. The molecule has 74 heavy (non-hydrogen) atoms. The van der Waals surface area contributed by atoms with Crippen molar-refractivity contribution in [2.24, 2.45) is 40.9 Å². The van der Waals surface area contributed by atoms with Crippen LogP contribution >= 0.6 is 0 Å². The van der Waals surface area contributed by atoms with Crippen molar-refractivity contribution in [2.45, 2.75) is 181 Å². The third-order valence-electron chi connectivity index (χ3n) is 15.4. The fourth-order valence-electron chi connectivity index (χ4n) is 10.1. The number of allylic oxidation sites excluding steroid dienone is 6. The summed E-state index contributed by atoms with van der Waals surface area (Å²) in [5.74, 6) is -9.49. The molecular weight excluding hydrogens is 959 g/mol. The van der Waals surface area contributed by atoms with E-state index in [1.54, 1.807) is 39.0 Å². The molecule has 2 fully saturated rings. The van der Waals surface area contributed by atoms with Crippen LogP contribution in [0.15, 0.2) is 47.6 Å². The predicted molar refractivity (Wildman–Crippen MR) is 274 cm³/mol. The van der Waals surface area contributed by atoms with E-state index in [1.165, 1.54) is 35.2 Å². The molecule has 0 aromatic rings. The van der Waals surface area contributed by atoms with Gasteiger partial charge in [0.1, 0.15) is 41.7 Å². The highest BCUT2D eigenvalue weighted by Gasteiger charge is 2.44. The molecule has 3 aliphatic rings. The normalized spacial score (nSPS) is 35.0. The number of ether oxygens (including phenoxy) is 5. The lowest BCUT2D eigenvalue weighted by Gasteiger charge is -2.38. The van der Waals surface area contributed by atoms with Gasteiger partial charge in [0.25, 0.3) is 11.7 Å². The number of fused-ring (bicyclic) bond motifs is 1. The Balaban J connectivity index is 2.01. The van der Waals surface area contributed by atoms with Gasteiger partial charge in [0.15, 0.2) is 5.78 Å². The minimum Gasteiger partial charge on any atom is -0.460 e. The number of amides is 1. The lowest BCUT2D eigenvalue weighted by molar-refractivity contribution is -0.177. The second-order valence-corrected chi connectivity index (χ2v) is 21.5. The Morgan fingerprint density at radius 3 is 2.12 bits per heavy atom. The average molecular weight is 1050 g/mol. The first-order chi connectivity index (χ1) is 34.9. The van der Waals surface area contributed by atoms with Crippen molar-refractivity contribution in [1.29, 1.82) is 0 Å². The summed E-state index contributed by atoms with van der Waals surface area (Å²) in [6, 6.07) is -1.28. The van der Waals surface area contributed by atoms with Crippen LogP contribution in [0.4, 0.5) is 0 Å². The van der Waals surface area contributed by atoms with Crippen LogP contribution in [0.25, 0.3) is 0 Å². The highest BCUT2D eigenvalue weighted by Crippen LogP contribution is 2.36. The first kappa shape index (κ1) is 64.0. The summed E-state index contributed by atoms with van der Waals surface area (Å²) in [5, 5.41) is 53.1. The van der Waals surface area contributed by atoms with Gasteiger partial charge in [-0.3, -0.25) is 28.8 Å². The molecule has 0 radical (unpaired) electrons. The minimum absolute atomic E-state index is 0.0402. The van der Waals surface area contributed by atoms with Gasteiger partial charge in [-0.2, -0.15) is 0 Å². The molecule has 15 atom stereocenters. The first-order valence-electron chi connectivity index (χ1n) is 26.3. The van der Waals surface area contributed by atoms with Gasteiger partial charge in [0, 0.05) is 64.9 Å². The molecule has 0 bridgehead atoms. The topological polar surface area (TPSA) is 270 Å². The third-order valence-corrected chi connectivity index (χ3v) is 15.4. The van der Waals surface area contributed by atoms with Gasteiger partial charge < -0.3 is 54.1 Å². The van der Waals surface area contributed by atoms with E-state index in [0.717, 1.165) is 10.5 Å². The number of nitrogens with zero attached hydrogens (tertiary/aromatic N) is 1. The maximum atomic E-state index is 14.4. The van der Waals surface area contributed by atoms with E-state index in [4.69, 9.17) is 23.7 Å². The number of piperidine rings is 1. The third kappa shape index (κ3) is 17.9. The number of cyclic esters (lactones) is 1. The molecule has 2 aliphatic heterocycles. The smallest absolute Gasteiger partial charge is 0.329 e. The fraction of sp³-hybridized carbons (Fsp3) is 0.732. The largest absolute Gasteiger partial charge is 0.460 e. The van der Waals surface area contributed by atoms with Gasteiger partial charge in [-0.1, -0.05) is 71.1 Å². The zero-order valence-electron chi connectivity index (χ0n) is 45.6. The summed E-state index contributed by atoms with van der Waals surface area (Å²) in [7, 11) is 4.29. The number of carbonyl (C=O) groups is 7. The number of rotatable bonds is 10. The van der Waals surface area contributed by atoms with Crippen LogP contribution in [0.1, 0.15) is 126 Å². The lowest BCUT2D eigenvalue weighted by atomic mass is 9.78. The van der Waals surface area contributed by atoms with Gasteiger partial charge in [-0.25, -0.2) is 4.79 Å². The van der Waals surface area contributed by atoms with Crippen LogP contribution in [-0.2, 0) is 57.2 Å². The monoisotopic (exact) mass is 1050 g/mol. The van der Waals surface area contributed by atoms with Crippen LogP contribution in [0.5, 0.6) is 0 Å². The lowest BCUT2D eigenvalue weighted by Crippen LogP contribution is -2.53. The average Bonchev–Trinajstić information content (AvgIpc) is 3.38. The van der Waals surface area contributed by atoms with E-state index in [0.29, 0.717) is 50.5 Å². The summed E-state index contributed by atoms with van der Waals surface area (Å²) < 4.78 is 28.9. The molecule has 3 rings (SSSR count). The Kier molecular flexibility index (Phi) is 26.4. The molecule has 1 aliphatic carbocycles. The van der Waals surface area contributed by atoms with Crippen LogP contribution in [0.3, 0.4) is 0 Å². The molecule has 5 N–H and O–H groups in total. The SMILES string of the molecule is CO[C@H]1CC(O)CC(O)[C@@H](C)C(=O)C(=O)C(=O)N2CCCC[C@H]2C(=O)O[C@H](C(C)C[C@@H]2CC[C@@H](OC(=O)C(C)(CO)CO)[C@H](OC)C2)CC(=O)[C@H](C)/C=C(\C)[C@@H](O)[C@@H](OC)C(=O)[C@H](C)C[C@H](C)/C=C/C=C/C=C1C. The molecule has 1 saturated carbocycles. The van der Waals surface area contributed by atoms with Crippen LogP contribution in [0, 0.1) is 40.9 Å². The molecular formula is C56H87NO17. The van der Waals surface area contributed by atoms with Crippen molar-refractivity contribution < 1.29 is 82.8 Å². The van der Waals surface area contributed by atoms with Crippen LogP contribution in [0.2, 0.25) is 0 Å². The van der Waals surface area contributed by atoms with E-state index in [9.17, 15) is 59.1 Å². The Labute approximate surface area is 437 Å². The summed E-state index contributed by atoms with van der Waals surface area (Å²) in [4.78, 5) is 97.4. The van der Waals surface area contributed by atoms with E-state index in [2.05, 4.69) is 0 Å². The van der Waals surface area contributed by atoms with Gasteiger partial charge in [0.2, 0.25) is 5.78 Å². The molecule has 0 aromatic carbocycles. The highest BCUT2D eigenvalue weighted by molar-refractivity contribution is 6.63. The zero-order valence-corrected chi connectivity index (χ0v) is 45.6. The molecule has 1 saturated heterocycles. The standard InChI is InChI=1S/C56H87NO17/c1-32-17-13-12-14-18-33(2)45(70-9)28-40(60)27-43(62)38(7)50(65)51(66)53(67)57-22-16-15-19-41(57)54(68)73-46(29-42(61)34(3)24-37(6)49(64)52(72-11)48(63)36(5)23-32)35(4)25-39-20-21-44(47(26-39)71-10)74-55(69)56(8,30-58)31-59/h12-14,17-18,24,32,34-36,38-41,43-47,49,52,58-60,62,64H,15-16,19-23,25-31H2,1-11H3/b14-12+,17-13+,33-18?,37-24+/t32-,34-,35?,36-,38-,39+,40?,41+,43?,44-,45+,46+,47-,49-,52+/m1/s1. The Bertz CT molecular complexity index is 2020. The van der Waals surface area contributed by atoms with Crippen LogP contribution < -0.4 is 0 Å². The van der Waals surface area contributed by atoms with Crippen molar-refractivity contribution in [3.8, 4) is 0 Å². The molecule has 3 unspecified atom stereocenters. The second-order valence-electron chi connectivity index (χ2n) is 21.5. The van der Waals surface area contributed by atoms with Gasteiger partial charge in [-0.15, -0.1) is 0 Å². The van der Waals surface area contributed by atoms with Crippen LogP contribution in [-0.4, -0.2) is 167 Å². The molecule has 18 heteroatoms. The molecule has 0 spiro atoms. The van der Waals surface area contributed by atoms with E-state index in [-0.39, 0.29) is 55.6 Å². The zero-order chi connectivity index (χ0) is 55.6. The number of Topliss-reactive ketones (excluding diaryl/α,β-unsaturated/α-hetero) is 4. The summed E-state index contributed by atoms with van der Waals surface area (Å²) in [5.41, 5.74) is -0.427. The Morgan fingerprint density at radius 1 is 0.824 bits per heavy atom. The fourth-order valence-corrected chi connectivity index (χ4v) is 10.1. The number of aliphatic hydroxyl groups is 5. The Morgan fingerprint density at radius 2 is 1.50 bits per heavy atom. The molecule has 418 valence electrons. The maximum absolute atomic E-state index is 14.4. The second kappa shape index (κ2) is 30.5. The van der Waals surface area contributed by atoms with Gasteiger partial charge >= 0.3 is 11.9 Å². The molecule has 2 heterocycles. The number of carbonyl (C=O) groups excluding carboxylic acids is 7. The Hall–Kier alpha value is -4.27. The van der Waals surface area contributed by atoms with E-state index in [1.807, 2.05) is 39.0 Å². The number of methoxy groups -OCH3 is 3. The number of ketones is 4. The first-order valence-corrected chi connectivity index (χ1v) is 26.3. The number of aliphatic hydroxyl groups excluding tert-OH is 5. The molecule has 0 aromatic heterocycles. The maximum Gasteiger partial charge on any atom is 0.329 e. The summed E-state index contributed by atoms with van der Waals surface area (Å²) in [6.45, 7) is 12.0. The van der Waals surface area contributed by atoms with E-state index >= 15 is 0 Å². The minimum atomic E-state index is -1.50. The molecule has 1 amide bonds. The van der Waals surface area contributed by atoms with E-state index < -0.39 is 127 Å². The quantitative estimate of drug-likeness (QED) is 0.114.